The number of ether oxygens (including phenoxy) is 1. The minimum atomic E-state index is -4.46. The largest absolute Gasteiger partial charge is 0.459 e. The normalized spacial score (nSPS) is 12.7. The van der Waals surface area contributed by atoms with Crippen molar-refractivity contribution in [2.24, 2.45) is 0 Å². The van der Waals surface area contributed by atoms with E-state index in [9.17, 15) is 22.4 Å². The molecule has 0 radical (unpaired) electrons. The van der Waals surface area contributed by atoms with E-state index in [2.05, 4.69) is 4.74 Å². The van der Waals surface area contributed by atoms with Crippen LogP contribution >= 0.6 is 0 Å². The second-order valence-electron chi connectivity index (χ2n) is 2.66. The van der Waals surface area contributed by atoms with Crippen molar-refractivity contribution in [2.75, 3.05) is 13.2 Å². The molecule has 0 rings (SSSR count). The lowest BCUT2D eigenvalue weighted by molar-refractivity contribution is -0.235. The summed E-state index contributed by atoms with van der Waals surface area (Å²) in [5.74, 6) is -9.90. The van der Waals surface area contributed by atoms with E-state index in [-0.39, 0.29) is 0 Å². The van der Waals surface area contributed by atoms with Crippen LogP contribution in [0.1, 0.15) is 13.3 Å². The molecular formula is C7H10F4O3. The molecule has 1 N–H and O–H groups in total. The molecule has 0 unspecified atom stereocenters. The summed E-state index contributed by atoms with van der Waals surface area (Å²) in [4.78, 5) is 10.1. The molecule has 0 saturated carbocycles. The maximum absolute atomic E-state index is 12.6. The third-order valence-corrected chi connectivity index (χ3v) is 1.42. The number of hydrogen-bond donors (Lipinski definition) is 1. The maximum atomic E-state index is 12.6. The van der Waals surface area contributed by atoms with Gasteiger partial charge in [0, 0.05) is 20.0 Å². The molecule has 0 aliphatic carbocycles. The Morgan fingerprint density at radius 3 is 2.14 bits per heavy atom. The van der Waals surface area contributed by atoms with Crippen molar-refractivity contribution in [3.8, 4) is 0 Å². The summed E-state index contributed by atoms with van der Waals surface area (Å²) in [6.45, 7) is -1.92. The van der Waals surface area contributed by atoms with Crippen LogP contribution in [0.3, 0.4) is 0 Å². The highest BCUT2D eigenvalue weighted by Crippen LogP contribution is 2.36. The molecule has 14 heavy (non-hydrogen) atoms. The van der Waals surface area contributed by atoms with Gasteiger partial charge in [-0.25, -0.2) is 0 Å². The Hall–Kier alpha value is -0.850. The zero-order valence-corrected chi connectivity index (χ0v) is 7.40. The van der Waals surface area contributed by atoms with Crippen LogP contribution in [-0.2, 0) is 9.53 Å². The molecule has 3 nitrogen and oxygen atoms in total. The summed E-state index contributed by atoms with van der Waals surface area (Å²) in [6.07, 6.45) is -1.37. The van der Waals surface area contributed by atoms with Crippen LogP contribution in [0.25, 0.3) is 0 Å². The molecular weight excluding hydrogens is 208 g/mol. The standard InChI is InChI=1S/C7H10F4O3/c1-5(13)14-4-7(10,11)6(8,9)2-3-12/h12H,2-4H2,1H3. The smallest absolute Gasteiger partial charge is 0.343 e. The molecule has 0 aromatic heterocycles. The van der Waals surface area contributed by atoms with Crippen LogP contribution in [0.2, 0.25) is 0 Å². The number of halogens is 4. The topological polar surface area (TPSA) is 46.5 Å². The van der Waals surface area contributed by atoms with Crippen molar-refractivity contribution in [1.29, 1.82) is 0 Å². The van der Waals surface area contributed by atoms with Gasteiger partial charge >= 0.3 is 17.8 Å². The van der Waals surface area contributed by atoms with Crippen molar-refractivity contribution in [3.05, 3.63) is 0 Å². The first kappa shape index (κ1) is 13.2. The van der Waals surface area contributed by atoms with Crippen LogP contribution < -0.4 is 0 Å². The lowest BCUT2D eigenvalue weighted by atomic mass is 10.1. The van der Waals surface area contributed by atoms with E-state index in [0.29, 0.717) is 0 Å². The number of aliphatic hydroxyl groups excluding tert-OH is 1. The predicted octanol–water partition coefficient (Wildman–Crippen LogP) is 1.20. The average molecular weight is 218 g/mol. The van der Waals surface area contributed by atoms with Crippen molar-refractivity contribution in [2.45, 2.75) is 25.2 Å². The minimum Gasteiger partial charge on any atom is -0.459 e. The Balaban J connectivity index is 4.34. The Labute approximate surface area is 77.7 Å². The zero-order chi connectivity index (χ0) is 11.4. The predicted molar refractivity (Wildman–Crippen MR) is 38.2 cm³/mol. The molecule has 0 spiro atoms. The van der Waals surface area contributed by atoms with Crippen molar-refractivity contribution in [1.82, 2.24) is 0 Å². The summed E-state index contributed by atoms with van der Waals surface area (Å²) < 4.78 is 54.1. The fourth-order valence-electron chi connectivity index (χ4n) is 0.621. The highest BCUT2D eigenvalue weighted by Gasteiger charge is 2.56. The van der Waals surface area contributed by atoms with Crippen molar-refractivity contribution in [3.63, 3.8) is 0 Å². The number of aliphatic hydroxyl groups is 1. The van der Waals surface area contributed by atoms with Gasteiger partial charge in [-0.1, -0.05) is 0 Å². The third kappa shape index (κ3) is 3.49. The number of rotatable bonds is 5. The molecule has 0 aromatic rings. The van der Waals surface area contributed by atoms with E-state index in [1.807, 2.05) is 0 Å². The molecule has 0 fully saturated rings. The molecule has 0 atom stereocenters. The van der Waals surface area contributed by atoms with E-state index in [4.69, 9.17) is 5.11 Å². The summed E-state index contributed by atoms with van der Waals surface area (Å²) in [5.41, 5.74) is 0. The fraction of sp³-hybridized carbons (Fsp3) is 0.857. The molecule has 0 bridgehead atoms. The number of carbonyl (C=O) groups is 1. The SMILES string of the molecule is CC(=O)OCC(F)(F)C(F)(F)CCO. The Bertz CT molecular complexity index is 205. The number of hydrogen-bond acceptors (Lipinski definition) is 3. The summed E-state index contributed by atoms with van der Waals surface area (Å²) in [5, 5.41) is 8.12. The summed E-state index contributed by atoms with van der Waals surface area (Å²) in [6, 6.07) is 0. The molecule has 7 heteroatoms. The van der Waals surface area contributed by atoms with E-state index in [1.165, 1.54) is 0 Å². The quantitative estimate of drug-likeness (QED) is 0.557. The third-order valence-electron chi connectivity index (χ3n) is 1.42. The molecule has 0 aliphatic heterocycles. The lowest BCUT2D eigenvalue weighted by Crippen LogP contribution is -2.45. The molecule has 84 valence electrons. The van der Waals surface area contributed by atoms with E-state index >= 15 is 0 Å². The Morgan fingerprint density at radius 2 is 1.79 bits per heavy atom. The monoisotopic (exact) mass is 218 g/mol. The van der Waals surface area contributed by atoms with Gasteiger partial charge in [-0.05, 0) is 0 Å². The molecule has 0 aliphatic rings. The first-order valence-corrected chi connectivity index (χ1v) is 3.73. The van der Waals surface area contributed by atoms with Gasteiger partial charge in [0.2, 0.25) is 0 Å². The van der Waals surface area contributed by atoms with Crippen LogP contribution in [-0.4, -0.2) is 36.1 Å². The average Bonchev–Trinajstić information content (AvgIpc) is 2.00. The highest BCUT2D eigenvalue weighted by molar-refractivity contribution is 5.65. The number of carbonyl (C=O) groups excluding carboxylic acids is 1. The van der Waals surface area contributed by atoms with E-state index in [1.54, 1.807) is 0 Å². The van der Waals surface area contributed by atoms with Crippen LogP contribution in [0, 0.1) is 0 Å². The highest BCUT2D eigenvalue weighted by atomic mass is 19.3. The van der Waals surface area contributed by atoms with Crippen molar-refractivity contribution >= 4 is 5.97 Å². The zero-order valence-electron chi connectivity index (χ0n) is 7.40. The Morgan fingerprint density at radius 1 is 1.29 bits per heavy atom. The van der Waals surface area contributed by atoms with Gasteiger partial charge in [-0.3, -0.25) is 4.79 Å². The second kappa shape index (κ2) is 4.59. The van der Waals surface area contributed by atoms with Gasteiger partial charge in [0.1, 0.15) is 0 Å². The molecule has 0 aromatic carbocycles. The fourth-order valence-corrected chi connectivity index (χ4v) is 0.621. The lowest BCUT2D eigenvalue weighted by Gasteiger charge is -2.25. The van der Waals surface area contributed by atoms with Gasteiger partial charge in [-0.2, -0.15) is 17.6 Å². The second-order valence-corrected chi connectivity index (χ2v) is 2.66. The minimum absolute atomic E-state index is 0.834. The molecule has 0 saturated heterocycles. The van der Waals surface area contributed by atoms with Gasteiger partial charge in [0.25, 0.3) is 0 Å². The van der Waals surface area contributed by atoms with Crippen LogP contribution in [0.4, 0.5) is 17.6 Å². The van der Waals surface area contributed by atoms with Gasteiger partial charge in [0.05, 0.1) is 0 Å². The number of alkyl halides is 4. The first-order chi connectivity index (χ1) is 6.23. The van der Waals surface area contributed by atoms with Crippen molar-refractivity contribution < 1.29 is 32.2 Å². The van der Waals surface area contributed by atoms with Gasteiger partial charge in [0.15, 0.2) is 6.61 Å². The summed E-state index contributed by atoms with van der Waals surface area (Å²) in [7, 11) is 0. The first-order valence-electron chi connectivity index (χ1n) is 3.73. The van der Waals surface area contributed by atoms with Gasteiger partial charge < -0.3 is 9.84 Å². The number of esters is 1. The van der Waals surface area contributed by atoms with Crippen LogP contribution in [0.5, 0.6) is 0 Å². The molecule has 0 amide bonds. The maximum Gasteiger partial charge on any atom is 0.343 e. The van der Waals surface area contributed by atoms with Gasteiger partial charge in [-0.15, -0.1) is 0 Å². The summed E-state index contributed by atoms with van der Waals surface area (Å²) >= 11 is 0. The molecule has 0 heterocycles. The Kier molecular flexibility index (Phi) is 4.31. The van der Waals surface area contributed by atoms with E-state index in [0.717, 1.165) is 6.92 Å². The van der Waals surface area contributed by atoms with E-state index < -0.39 is 37.4 Å². The van der Waals surface area contributed by atoms with Crippen LogP contribution in [0.15, 0.2) is 0 Å².